The summed E-state index contributed by atoms with van der Waals surface area (Å²) in [6, 6.07) is 13.5. The minimum atomic E-state index is -3.15. The van der Waals surface area contributed by atoms with Gasteiger partial charge in [0.25, 0.3) is 0 Å². The van der Waals surface area contributed by atoms with E-state index < -0.39 is 23.2 Å². The van der Waals surface area contributed by atoms with E-state index in [1.54, 1.807) is 12.1 Å². The third-order valence-electron chi connectivity index (χ3n) is 6.61. The molecule has 0 bridgehead atoms. The molecule has 0 radical (unpaired) electrons. The summed E-state index contributed by atoms with van der Waals surface area (Å²) in [5, 5.41) is 9.29. The summed E-state index contributed by atoms with van der Waals surface area (Å²) in [5.41, 5.74) is 1.70. The molecule has 1 atom stereocenters. The van der Waals surface area contributed by atoms with E-state index in [1.165, 1.54) is 0 Å². The zero-order chi connectivity index (χ0) is 24.1. The highest BCUT2D eigenvalue weighted by Gasteiger charge is 2.43. The number of ether oxygens (including phenoxy) is 1. The Bertz CT molecular complexity index is 939. The molecule has 2 aromatic carbocycles. The summed E-state index contributed by atoms with van der Waals surface area (Å²) >= 11 is 6.51. The maximum atomic E-state index is 11.5. The lowest BCUT2D eigenvalue weighted by molar-refractivity contribution is -0.139. The lowest BCUT2D eigenvalue weighted by Gasteiger charge is -2.42. The molecule has 0 aliphatic carbocycles. The minimum absolute atomic E-state index is 0.0467. The zero-order valence-corrected chi connectivity index (χ0v) is 21.0. The topological polar surface area (TPSA) is 87.0 Å². The summed E-state index contributed by atoms with van der Waals surface area (Å²) < 4.78 is 28.4. The van der Waals surface area contributed by atoms with Crippen LogP contribution in [0.3, 0.4) is 0 Å². The molecule has 1 aliphatic heterocycles. The van der Waals surface area contributed by atoms with E-state index in [0.29, 0.717) is 10.6 Å². The number of carboxylic acids is 1. The van der Waals surface area contributed by atoms with E-state index in [0.717, 1.165) is 56.1 Å². The van der Waals surface area contributed by atoms with Crippen LogP contribution in [-0.2, 0) is 4.79 Å². The number of hydrogen-bond acceptors (Lipinski definition) is 4. The van der Waals surface area contributed by atoms with Crippen molar-refractivity contribution in [1.82, 2.24) is 0 Å². The van der Waals surface area contributed by atoms with Crippen molar-refractivity contribution in [2.24, 2.45) is 5.41 Å². The van der Waals surface area contributed by atoms with Crippen LogP contribution in [0.2, 0.25) is 5.02 Å². The van der Waals surface area contributed by atoms with Crippen molar-refractivity contribution in [3.05, 3.63) is 58.6 Å². The van der Waals surface area contributed by atoms with E-state index in [4.69, 9.17) is 21.4 Å². The Morgan fingerprint density at radius 3 is 2.33 bits per heavy atom. The first-order chi connectivity index (χ1) is 15.7. The molecule has 0 saturated heterocycles. The predicted octanol–water partition coefficient (Wildman–Crippen LogP) is 7.82. The normalized spacial score (nSPS) is 19.8. The van der Waals surface area contributed by atoms with Gasteiger partial charge in [-0.1, -0.05) is 81.5 Å². The van der Waals surface area contributed by atoms with E-state index in [-0.39, 0.29) is 22.1 Å². The molecular formula is C26H35ClO5S. The van der Waals surface area contributed by atoms with Gasteiger partial charge in [0, 0.05) is 17.7 Å². The van der Waals surface area contributed by atoms with Gasteiger partial charge in [0.05, 0.1) is 9.92 Å². The molecule has 5 nitrogen and oxygen atoms in total. The highest BCUT2D eigenvalue weighted by Crippen LogP contribution is 2.63. The number of aliphatic carboxylic acids is 1. The maximum absolute atomic E-state index is 11.5. The van der Waals surface area contributed by atoms with Gasteiger partial charge in [0.2, 0.25) is 0 Å². The smallest absolute Gasteiger partial charge is 0.341 e. The quantitative estimate of drug-likeness (QED) is 0.313. The van der Waals surface area contributed by atoms with Crippen LogP contribution in [0.5, 0.6) is 5.75 Å². The van der Waals surface area contributed by atoms with Crippen LogP contribution in [-0.4, -0.2) is 32.5 Å². The van der Waals surface area contributed by atoms with E-state index >= 15 is 0 Å². The highest BCUT2D eigenvalue weighted by atomic mass is 35.5. The Morgan fingerprint density at radius 2 is 1.76 bits per heavy atom. The molecule has 7 heteroatoms. The Kier molecular flexibility index (Phi) is 8.73. The number of unbranched alkanes of at least 4 members (excludes halogenated alkanes) is 2. The Balaban J connectivity index is 2.17. The van der Waals surface area contributed by atoms with Gasteiger partial charge in [-0.15, -0.1) is 0 Å². The molecule has 2 aromatic rings. The number of benzene rings is 2. The second kappa shape index (κ2) is 11.1. The predicted molar refractivity (Wildman–Crippen MR) is 135 cm³/mol. The number of carboxylic acid groups (broad SMARTS) is 1. The number of halogens is 1. The Morgan fingerprint density at radius 1 is 1.12 bits per heavy atom. The lowest BCUT2D eigenvalue weighted by Crippen LogP contribution is -2.29. The third kappa shape index (κ3) is 6.24. The molecule has 182 valence electrons. The summed E-state index contributed by atoms with van der Waals surface area (Å²) in [4.78, 5) is 11.4. The number of carbonyl (C=O) groups is 1. The Labute approximate surface area is 203 Å². The van der Waals surface area contributed by atoms with Crippen LogP contribution in [0, 0.1) is 5.41 Å². The molecule has 0 saturated carbocycles. The van der Waals surface area contributed by atoms with Crippen LogP contribution in [0.1, 0.15) is 75.8 Å². The first-order valence-corrected chi connectivity index (χ1v) is 13.8. The SMILES string of the molecule is CCCCC1(CCCC)CC(c2ccccc2)c2cc(Cl)c(OCC(=O)O)cc2S(O)(O)C1. The molecule has 0 fully saturated rings. The Hall–Kier alpha value is -1.73. The molecule has 1 aliphatic rings. The second-order valence-corrected chi connectivity index (χ2v) is 11.7. The largest absolute Gasteiger partial charge is 0.480 e. The first-order valence-electron chi connectivity index (χ1n) is 11.7. The van der Waals surface area contributed by atoms with Crippen molar-refractivity contribution in [1.29, 1.82) is 0 Å². The van der Waals surface area contributed by atoms with Crippen LogP contribution in [0.15, 0.2) is 47.4 Å². The van der Waals surface area contributed by atoms with E-state index in [2.05, 4.69) is 26.0 Å². The monoisotopic (exact) mass is 494 g/mol. The molecule has 1 unspecified atom stereocenters. The van der Waals surface area contributed by atoms with E-state index in [1.807, 2.05) is 18.2 Å². The molecule has 0 aromatic heterocycles. The van der Waals surface area contributed by atoms with Gasteiger partial charge >= 0.3 is 5.97 Å². The molecule has 3 N–H and O–H groups in total. The fourth-order valence-corrected chi connectivity index (χ4v) is 7.54. The summed E-state index contributed by atoms with van der Waals surface area (Å²) in [6.07, 6.45) is 6.85. The van der Waals surface area contributed by atoms with Gasteiger partial charge < -0.3 is 9.84 Å². The first kappa shape index (κ1) is 25.9. The molecule has 33 heavy (non-hydrogen) atoms. The van der Waals surface area contributed by atoms with Crippen molar-refractivity contribution in [2.75, 3.05) is 12.4 Å². The molecule has 0 amide bonds. The van der Waals surface area contributed by atoms with Crippen molar-refractivity contribution < 1.29 is 23.7 Å². The zero-order valence-electron chi connectivity index (χ0n) is 19.4. The average molecular weight is 495 g/mol. The van der Waals surface area contributed by atoms with Crippen molar-refractivity contribution in [3.8, 4) is 5.75 Å². The fraction of sp³-hybridized carbons (Fsp3) is 0.500. The van der Waals surface area contributed by atoms with Crippen LogP contribution in [0.4, 0.5) is 0 Å². The fourth-order valence-electron chi connectivity index (χ4n) is 5.02. The molecule has 3 rings (SSSR count). The molecule has 0 spiro atoms. The lowest BCUT2D eigenvalue weighted by atomic mass is 9.70. The number of hydrogen-bond donors (Lipinski definition) is 3. The van der Waals surface area contributed by atoms with Gasteiger partial charge in [0.1, 0.15) is 5.75 Å². The number of fused-ring (bicyclic) bond motifs is 1. The summed E-state index contributed by atoms with van der Waals surface area (Å²) in [6.45, 7) is 3.78. The maximum Gasteiger partial charge on any atom is 0.341 e. The van der Waals surface area contributed by atoms with Gasteiger partial charge in [0.15, 0.2) is 6.61 Å². The number of rotatable bonds is 10. The van der Waals surface area contributed by atoms with Crippen molar-refractivity contribution in [3.63, 3.8) is 0 Å². The van der Waals surface area contributed by atoms with Crippen molar-refractivity contribution >= 4 is 28.2 Å². The molecular weight excluding hydrogens is 460 g/mol. The van der Waals surface area contributed by atoms with Crippen molar-refractivity contribution in [2.45, 2.75) is 69.6 Å². The van der Waals surface area contributed by atoms with Gasteiger partial charge in [-0.3, -0.25) is 9.11 Å². The van der Waals surface area contributed by atoms with Crippen LogP contribution >= 0.6 is 22.2 Å². The molecule has 1 heterocycles. The minimum Gasteiger partial charge on any atom is -0.480 e. The van der Waals surface area contributed by atoms with Crippen LogP contribution in [0.25, 0.3) is 0 Å². The van der Waals surface area contributed by atoms with Crippen LogP contribution < -0.4 is 4.74 Å². The third-order valence-corrected chi connectivity index (χ3v) is 8.98. The average Bonchev–Trinajstić information content (AvgIpc) is 2.87. The van der Waals surface area contributed by atoms with Gasteiger partial charge in [-0.25, -0.2) is 4.79 Å². The van der Waals surface area contributed by atoms with Gasteiger partial charge in [-0.05, 0) is 41.9 Å². The standard InChI is InChI=1S/C26H35ClO5S/c1-3-5-12-26(13-6-4-2)16-21(19-10-8-7-9-11-19)20-14-22(27)23(32-17-25(28)29)15-24(20)33(30,31)18-26/h7-11,14-15,21,30-31H,3-6,12-13,16-18H2,1-2H3,(H,28,29). The summed E-state index contributed by atoms with van der Waals surface area (Å²) in [5.74, 6) is -0.696. The highest BCUT2D eigenvalue weighted by molar-refractivity contribution is 8.24. The van der Waals surface area contributed by atoms with Gasteiger partial charge in [-0.2, -0.15) is 10.6 Å². The van der Waals surface area contributed by atoms with E-state index in [9.17, 15) is 13.9 Å². The summed E-state index contributed by atoms with van der Waals surface area (Å²) in [7, 11) is -3.15. The second-order valence-electron chi connectivity index (χ2n) is 9.19.